The molecule has 1 saturated heterocycles. The van der Waals surface area contributed by atoms with Crippen LogP contribution in [0, 0.1) is 0 Å². The lowest BCUT2D eigenvalue weighted by atomic mass is 10.1. The SMILES string of the molecule is O=C(c1ccccc1)N1CCc2ccc(N3CCCC3)cc21. The molecule has 2 heterocycles. The Kier molecular flexibility index (Phi) is 3.34. The van der Waals surface area contributed by atoms with Gasteiger partial charge in [0, 0.05) is 36.6 Å². The molecule has 0 bridgehead atoms. The van der Waals surface area contributed by atoms with E-state index in [1.807, 2.05) is 35.2 Å². The number of anilines is 2. The van der Waals surface area contributed by atoms with Gasteiger partial charge in [0.15, 0.2) is 0 Å². The van der Waals surface area contributed by atoms with Crippen molar-refractivity contribution in [3.05, 3.63) is 59.7 Å². The average Bonchev–Trinajstić information content (AvgIpc) is 3.24. The highest BCUT2D eigenvalue weighted by atomic mass is 16.2. The molecule has 4 rings (SSSR count). The van der Waals surface area contributed by atoms with E-state index in [2.05, 4.69) is 23.1 Å². The van der Waals surface area contributed by atoms with Gasteiger partial charge in [-0.05, 0) is 49.1 Å². The van der Waals surface area contributed by atoms with Crippen molar-refractivity contribution < 1.29 is 4.79 Å². The zero-order chi connectivity index (χ0) is 14.9. The predicted octanol–water partition coefficient (Wildman–Crippen LogP) is 3.49. The van der Waals surface area contributed by atoms with Crippen LogP contribution < -0.4 is 9.80 Å². The van der Waals surface area contributed by atoms with Gasteiger partial charge in [-0.1, -0.05) is 24.3 Å². The van der Waals surface area contributed by atoms with Crippen molar-refractivity contribution in [2.45, 2.75) is 19.3 Å². The second-order valence-electron chi connectivity index (χ2n) is 6.08. The quantitative estimate of drug-likeness (QED) is 0.846. The van der Waals surface area contributed by atoms with E-state index in [0.717, 1.165) is 37.3 Å². The van der Waals surface area contributed by atoms with E-state index in [0.29, 0.717) is 0 Å². The Labute approximate surface area is 131 Å². The third-order valence-electron chi connectivity index (χ3n) is 4.70. The van der Waals surface area contributed by atoms with Gasteiger partial charge in [-0.15, -0.1) is 0 Å². The lowest BCUT2D eigenvalue weighted by molar-refractivity contribution is 0.0989. The molecule has 0 radical (unpaired) electrons. The molecule has 2 aromatic rings. The Balaban J connectivity index is 1.66. The zero-order valence-corrected chi connectivity index (χ0v) is 12.7. The molecule has 0 spiro atoms. The van der Waals surface area contributed by atoms with Gasteiger partial charge >= 0.3 is 0 Å². The Morgan fingerprint density at radius 1 is 0.909 bits per heavy atom. The van der Waals surface area contributed by atoms with Gasteiger partial charge in [0.2, 0.25) is 0 Å². The first kappa shape index (κ1) is 13.4. The van der Waals surface area contributed by atoms with Crippen LogP contribution in [0.4, 0.5) is 11.4 Å². The maximum atomic E-state index is 12.8. The van der Waals surface area contributed by atoms with Crippen LogP contribution in [0.2, 0.25) is 0 Å². The number of hydrogen-bond acceptors (Lipinski definition) is 2. The number of carbonyl (C=O) groups is 1. The fourth-order valence-electron chi connectivity index (χ4n) is 3.49. The first-order chi connectivity index (χ1) is 10.8. The van der Waals surface area contributed by atoms with Gasteiger partial charge in [-0.2, -0.15) is 0 Å². The third-order valence-corrected chi connectivity index (χ3v) is 4.70. The van der Waals surface area contributed by atoms with Gasteiger partial charge in [0.05, 0.1) is 0 Å². The van der Waals surface area contributed by atoms with Crippen LogP contribution >= 0.6 is 0 Å². The lowest BCUT2D eigenvalue weighted by Crippen LogP contribution is -2.29. The highest BCUT2D eigenvalue weighted by molar-refractivity contribution is 6.07. The molecule has 0 aliphatic carbocycles. The van der Waals surface area contributed by atoms with Crippen molar-refractivity contribution in [1.29, 1.82) is 0 Å². The summed E-state index contributed by atoms with van der Waals surface area (Å²) < 4.78 is 0. The molecule has 0 saturated carbocycles. The number of fused-ring (bicyclic) bond motifs is 1. The van der Waals surface area contributed by atoms with Crippen molar-refractivity contribution in [2.24, 2.45) is 0 Å². The van der Waals surface area contributed by atoms with E-state index >= 15 is 0 Å². The third kappa shape index (κ3) is 2.27. The average molecular weight is 292 g/mol. The molecule has 3 nitrogen and oxygen atoms in total. The van der Waals surface area contributed by atoms with Gasteiger partial charge in [-0.3, -0.25) is 4.79 Å². The molecule has 0 atom stereocenters. The summed E-state index contributed by atoms with van der Waals surface area (Å²) >= 11 is 0. The van der Waals surface area contributed by atoms with Crippen molar-refractivity contribution in [3.8, 4) is 0 Å². The number of amides is 1. The fourth-order valence-corrected chi connectivity index (χ4v) is 3.49. The second kappa shape index (κ2) is 5.48. The molecular formula is C19H20N2O. The van der Waals surface area contributed by atoms with Crippen molar-refractivity contribution in [3.63, 3.8) is 0 Å². The topological polar surface area (TPSA) is 23.6 Å². The van der Waals surface area contributed by atoms with Crippen molar-refractivity contribution in [2.75, 3.05) is 29.4 Å². The van der Waals surface area contributed by atoms with Crippen LogP contribution in [0.25, 0.3) is 0 Å². The highest BCUT2D eigenvalue weighted by Gasteiger charge is 2.26. The van der Waals surface area contributed by atoms with Crippen LogP contribution in [0.15, 0.2) is 48.5 Å². The van der Waals surface area contributed by atoms with Gasteiger partial charge in [0.25, 0.3) is 5.91 Å². The minimum absolute atomic E-state index is 0.109. The molecule has 2 aromatic carbocycles. The van der Waals surface area contributed by atoms with Crippen LogP contribution in [0.3, 0.4) is 0 Å². The summed E-state index contributed by atoms with van der Waals surface area (Å²) in [5, 5.41) is 0. The van der Waals surface area contributed by atoms with E-state index in [9.17, 15) is 4.79 Å². The summed E-state index contributed by atoms with van der Waals surface area (Å²) in [6.45, 7) is 3.04. The largest absolute Gasteiger partial charge is 0.371 e. The predicted molar refractivity (Wildman–Crippen MR) is 89.7 cm³/mol. The molecule has 112 valence electrons. The maximum absolute atomic E-state index is 12.8. The molecule has 0 aromatic heterocycles. The van der Waals surface area contributed by atoms with E-state index in [-0.39, 0.29) is 5.91 Å². The standard InChI is InChI=1S/C19H20N2O/c22-19(16-6-2-1-3-7-16)21-13-10-15-8-9-17(14-18(15)21)20-11-4-5-12-20/h1-3,6-9,14H,4-5,10-13H2. The summed E-state index contributed by atoms with van der Waals surface area (Å²) in [6, 6.07) is 16.2. The van der Waals surface area contributed by atoms with Crippen LogP contribution in [-0.2, 0) is 6.42 Å². The number of benzene rings is 2. The van der Waals surface area contributed by atoms with E-state index < -0.39 is 0 Å². The van der Waals surface area contributed by atoms with E-state index in [4.69, 9.17) is 0 Å². The summed E-state index contributed by atoms with van der Waals surface area (Å²) in [6.07, 6.45) is 3.49. The fraction of sp³-hybridized carbons (Fsp3) is 0.316. The van der Waals surface area contributed by atoms with E-state index in [1.54, 1.807) is 0 Å². The summed E-state index contributed by atoms with van der Waals surface area (Å²) in [7, 11) is 0. The monoisotopic (exact) mass is 292 g/mol. The van der Waals surface area contributed by atoms with Crippen LogP contribution in [0.5, 0.6) is 0 Å². The van der Waals surface area contributed by atoms with Gasteiger partial charge < -0.3 is 9.80 Å². The Morgan fingerprint density at radius 3 is 2.45 bits per heavy atom. The summed E-state index contributed by atoms with van der Waals surface area (Å²) in [4.78, 5) is 17.1. The molecular weight excluding hydrogens is 272 g/mol. The van der Waals surface area contributed by atoms with Crippen LogP contribution in [-0.4, -0.2) is 25.5 Å². The lowest BCUT2D eigenvalue weighted by Gasteiger charge is -2.22. The van der Waals surface area contributed by atoms with Gasteiger partial charge in [0.1, 0.15) is 0 Å². The first-order valence-corrected chi connectivity index (χ1v) is 8.08. The first-order valence-electron chi connectivity index (χ1n) is 8.08. The Hall–Kier alpha value is -2.29. The van der Waals surface area contributed by atoms with Crippen molar-refractivity contribution >= 4 is 17.3 Å². The molecule has 2 aliphatic heterocycles. The van der Waals surface area contributed by atoms with Crippen molar-refractivity contribution in [1.82, 2.24) is 0 Å². The maximum Gasteiger partial charge on any atom is 0.258 e. The number of rotatable bonds is 2. The summed E-state index contributed by atoms with van der Waals surface area (Å²) in [5.41, 5.74) is 4.40. The van der Waals surface area contributed by atoms with Crippen LogP contribution in [0.1, 0.15) is 28.8 Å². The molecule has 0 unspecified atom stereocenters. The van der Waals surface area contributed by atoms with E-state index in [1.165, 1.54) is 24.1 Å². The Morgan fingerprint density at radius 2 is 1.68 bits per heavy atom. The number of carbonyl (C=O) groups excluding carboxylic acids is 1. The molecule has 1 amide bonds. The normalized spacial score (nSPS) is 16.9. The minimum atomic E-state index is 0.109. The smallest absolute Gasteiger partial charge is 0.258 e. The van der Waals surface area contributed by atoms with Gasteiger partial charge in [-0.25, -0.2) is 0 Å². The molecule has 2 aliphatic rings. The number of hydrogen-bond donors (Lipinski definition) is 0. The molecule has 0 N–H and O–H groups in total. The minimum Gasteiger partial charge on any atom is -0.371 e. The molecule has 1 fully saturated rings. The molecule has 22 heavy (non-hydrogen) atoms. The Bertz CT molecular complexity index is 690. The second-order valence-corrected chi connectivity index (χ2v) is 6.08. The zero-order valence-electron chi connectivity index (χ0n) is 12.7. The summed E-state index contributed by atoms with van der Waals surface area (Å²) in [5.74, 6) is 0.109. The number of nitrogens with zero attached hydrogens (tertiary/aromatic N) is 2. The highest BCUT2D eigenvalue weighted by Crippen LogP contribution is 2.34. The molecule has 3 heteroatoms.